The van der Waals surface area contributed by atoms with Crippen LogP contribution in [0.5, 0.6) is 0 Å². The number of rotatable bonds is 5. The summed E-state index contributed by atoms with van der Waals surface area (Å²) in [4.78, 5) is 28.8. The Morgan fingerprint density at radius 2 is 1.83 bits per heavy atom. The molecule has 1 unspecified atom stereocenters. The second-order valence-electron chi connectivity index (χ2n) is 11.4. The SMILES string of the molecule is COC1CN(C(=O)[C@@]2(C)CC[C@@H](N3CCC(c4ccc(F)c(C(=O)O)c4)CC3)CO2)Cc2cc(C(F)(F)F)ccc21. The molecule has 1 N–H and O–H groups in total. The lowest BCUT2D eigenvalue weighted by Crippen LogP contribution is -2.56. The molecule has 2 aromatic rings. The van der Waals surface area contributed by atoms with E-state index in [0.717, 1.165) is 50.0 Å². The average Bonchev–Trinajstić information content (AvgIpc) is 2.96. The fraction of sp³-hybridized carbons (Fsp3) is 0.533. The standard InChI is InChI=1S/C30H34F4N2O5/c1-29(28(39)36-15-20-13-21(30(32,33)34)4-5-23(20)26(16-36)40-2)10-7-22(17-41-29)35-11-8-18(9-12-35)19-3-6-25(31)24(14-19)27(37)38/h3-6,13-14,18,22,26H,7-12,15-17H2,1-2H3,(H,37,38)/t22-,26?,29-/m1/s1. The van der Waals surface area contributed by atoms with Crippen LogP contribution in [0.3, 0.4) is 0 Å². The number of methoxy groups -OCH3 is 1. The molecule has 3 atom stereocenters. The lowest BCUT2D eigenvalue weighted by atomic mass is 9.86. The van der Waals surface area contributed by atoms with Gasteiger partial charge in [-0.3, -0.25) is 9.69 Å². The number of carbonyl (C=O) groups excluding carboxylic acids is 1. The van der Waals surface area contributed by atoms with E-state index in [1.54, 1.807) is 13.0 Å². The van der Waals surface area contributed by atoms with Crippen LogP contribution in [-0.4, -0.2) is 71.8 Å². The number of halogens is 4. The second kappa shape index (κ2) is 11.3. The maximum Gasteiger partial charge on any atom is 0.416 e. The number of piperidine rings is 1. The van der Waals surface area contributed by atoms with Crippen molar-refractivity contribution in [3.8, 4) is 0 Å². The van der Waals surface area contributed by atoms with Crippen molar-refractivity contribution in [1.82, 2.24) is 9.80 Å². The van der Waals surface area contributed by atoms with Gasteiger partial charge in [0.25, 0.3) is 5.91 Å². The van der Waals surface area contributed by atoms with Crippen LogP contribution < -0.4 is 0 Å². The number of amides is 1. The minimum absolute atomic E-state index is 0.0564. The van der Waals surface area contributed by atoms with E-state index in [1.165, 1.54) is 30.2 Å². The van der Waals surface area contributed by atoms with Gasteiger partial charge < -0.3 is 19.5 Å². The van der Waals surface area contributed by atoms with Gasteiger partial charge in [0.05, 0.1) is 30.4 Å². The highest BCUT2D eigenvalue weighted by Gasteiger charge is 2.45. The molecule has 2 fully saturated rings. The van der Waals surface area contributed by atoms with Crippen LogP contribution in [0.4, 0.5) is 17.6 Å². The quantitative estimate of drug-likeness (QED) is 0.480. The lowest BCUT2D eigenvalue weighted by molar-refractivity contribution is -0.170. The molecule has 0 bridgehead atoms. The largest absolute Gasteiger partial charge is 0.478 e. The van der Waals surface area contributed by atoms with Crippen LogP contribution in [0.25, 0.3) is 0 Å². The van der Waals surface area contributed by atoms with E-state index in [9.17, 15) is 32.3 Å². The highest BCUT2D eigenvalue weighted by molar-refractivity contribution is 5.88. The van der Waals surface area contributed by atoms with Crippen LogP contribution in [0, 0.1) is 5.82 Å². The van der Waals surface area contributed by atoms with Crippen molar-refractivity contribution in [3.63, 3.8) is 0 Å². The van der Waals surface area contributed by atoms with E-state index in [4.69, 9.17) is 9.47 Å². The molecule has 2 aromatic carbocycles. The predicted octanol–water partition coefficient (Wildman–Crippen LogP) is 5.39. The highest BCUT2D eigenvalue weighted by Crippen LogP contribution is 2.38. The minimum atomic E-state index is -4.48. The highest BCUT2D eigenvalue weighted by atomic mass is 19.4. The Kier molecular flexibility index (Phi) is 8.15. The topological polar surface area (TPSA) is 79.3 Å². The minimum Gasteiger partial charge on any atom is -0.478 e. The third-order valence-corrected chi connectivity index (χ3v) is 8.88. The molecule has 41 heavy (non-hydrogen) atoms. The van der Waals surface area contributed by atoms with Gasteiger partial charge in [0.15, 0.2) is 0 Å². The van der Waals surface area contributed by atoms with Crippen molar-refractivity contribution in [1.29, 1.82) is 0 Å². The number of nitrogens with zero attached hydrogens (tertiary/aromatic N) is 2. The molecule has 3 aliphatic heterocycles. The molecule has 0 aromatic heterocycles. The third-order valence-electron chi connectivity index (χ3n) is 8.88. The summed E-state index contributed by atoms with van der Waals surface area (Å²) in [5, 5.41) is 9.24. The van der Waals surface area contributed by atoms with Gasteiger partial charge >= 0.3 is 12.1 Å². The molecule has 2 saturated heterocycles. The van der Waals surface area contributed by atoms with E-state index in [-0.39, 0.29) is 36.5 Å². The Morgan fingerprint density at radius 1 is 1.10 bits per heavy atom. The Bertz CT molecular complexity index is 1300. The Labute approximate surface area is 236 Å². The van der Waals surface area contributed by atoms with Gasteiger partial charge in [0, 0.05) is 19.7 Å². The van der Waals surface area contributed by atoms with Gasteiger partial charge in [0.1, 0.15) is 11.4 Å². The number of carbonyl (C=O) groups is 2. The smallest absolute Gasteiger partial charge is 0.416 e. The first-order valence-corrected chi connectivity index (χ1v) is 13.8. The lowest BCUT2D eigenvalue weighted by Gasteiger charge is -2.45. The van der Waals surface area contributed by atoms with Crippen molar-refractivity contribution >= 4 is 11.9 Å². The number of hydrogen-bond acceptors (Lipinski definition) is 5. The van der Waals surface area contributed by atoms with Crippen LogP contribution >= 0.6 is 0 Å². The number of alkyl halides is 3. The van der Waals surface area contributed by atoms with Gasteiger partial charge in [-0.05, 0) is 92.6 Å². The number of likely N-dealkylation sites (tertiary alicyclic amines) is 1. The van der Waals surface area contributed by atoms with Crippen molar-refractivity contribution in [3.05, 3.63) is 70.0 Å². The summed E-state index contributed by atoms with van der Waals surface area (Å²) in [6.45, 7) is 3.92. The summed E-state index contributed by atoms with van der Waals surface area (Å²) in [6, 6.07) is 7.98. The molecule has 1 amide bonds. The van der Waals surface area contributed by atoms with E-state index >= 15 is 0 Å². The average molecular weight is 579 g/mol. The number of benzene rings is 2. The Balaban J connectivity index is 1.19. The molecule has 0 aliphatic carbocycles. The predicted molar refractivity (Wildman–Crippen MR) is 141 cm³/mol. The number of carboxylic acid groups (broad SMARTS) is 1. The van der Waals surface area contributed by atoms with Crippen molar-refractivity contribution in [2.24, 2.45) is 0 Å². The summed E-state index contributed by atoms with van der Waals surface area (Å²) in [6.07, 6.45) is -2.22. The molecule has 222 valence electrons. The molecule has 3 aliphatic rings. The summed E-state index contributed by atoms with van der Waals surface area (Å²) < 4.78 is 65.5. The zero-order valence-corrected chi connectivity index (χ0v) is 23.0. The molecule has 0 saturated carbocycles. The van der Waals surface area contributed by atoms with Crippen molar-refractivity contribution < 1.29 is 41.7 Å². The van der Waals surface area contributed by atoms with Gasteiger partial charge in [-0.2, -0.15) is 13.2 Å². The first kappa shape index (κ1) is 29.5. The van der Waals surface area contributed by atoms with E-state index in [0.29, 0.717) is 24.2 Å². The molecule has 11 heteroatoms. The summed E-state index contributed by atoms with van der Waals surface area (Å²) in [7, 11) is 1.48. The number of hydrogen-bond donors (Lipinski definition) is 1. The summed E-state index contributed by atoms with van der Waals surface area (Å²) in [5.74, 6) is -2.15. The molecule has 7 nitrogen and oxygen atoms in total. The van der Waals surface area contributed by atoms with Gasteiger partial charge in [-0.25, -0.2) is 9.18 Å². The Hall–Kier alpha value is -3.02. The van der Waals surface area contributed by atoms with Crippen LogP contribution in [0.15, 0.2) is 36.4 Å². The molecular formula is C30H34F4N2O5. The van der Waals surface area contributed by atoms with Crippen LogP contribution in [-0.2, 0) is 27.0 Å². The molecular weight excluding hydrogens is 544 g/mol. The fourth-order valence-electron chi connectivity index (χ4n) is 6.39. The molecule has 5 rings (SSSR count). The zero-order valence-electron chi connectivity index (χ0n) is 23.0. The van der Waals surface area contributed by atoms with Crippen LogP contribution in [0.1, 0.15) is 77.2 Å². The van der Waals surface area contributed by atoms with E-state index < -0.39 is 35.2 Å². The van der Waals surface area contributed by atoms with Gasteiger partial charge in [-0.15, -0.1) is 0 Å². The van der Waals surface area contributed by atoms with Crippen molar-refractivity contribution in [2.45, 2.75) is 69.0 Å². The molecule has 0 spiro atoms. The third kappa shape index (κ3) is 5.98. The van der Waals surface area contributed by atoms with E-state index in [2.05, 4.69) is 4.90 Å². The van der Waals surface area contributed by atoms with Gasteiger partial charge in [-0.1, -0.05) is 12.1 Å². The zero-order chi connectivity index (χ0) is 29.5. The van der Waals surface area contributed by atoms with Crippen molar-refractivity contribution in [2.75, 3.05) is 33.4 Å². The maximum atomic E-state index is 13.8. The first-order chi connectivity index (χ1) is 19.4. The number of carboxylic acids is 1. The molecule has 0 radical (unpaired) electrons. The number of fused-ring (bicyclic) bond motifs is 1. The fourth-order valence-corrected chi connectivity index (χ4v) is 6.39. The second-order valence-corrected chi connectivity index (χ2v) is 11.4. The Morgan fingerprint density at radius 3 is 2.44 bits per heavy atom. The summed E-state index contributed by atoms with van der Waals surface area (Å²) in [5.41, 5.74) is -0.265. The monoisotopic (exact) mass is 578 g/mol. The molecule has 3 heterocycles. The maximum absolute atomic E-state index is 13.8. The normalized spacial score (nSPS) is 26.0. The summed E-state index contributed by atoms with van der Waals surface area (Å²) >= 11 is 0. The number of ether oxygens (including phenoxy) is 2. The first-order valence-electron chi connectivity index (χ1n) is 13.8. The van der Waals surface area contributed by atoms with Crippen LogP contribution in [0.2, 0.25) is 0 Å². The van der Waals surface area contributed by atoms with E-state index in [1.807, 2.05) is 0 Å². The number of aromatic carboxylic acids is 1. The van der Waals surface area contributed by atoms with Gasteiger partial charge in [0.2, 0.25) is 0 Å².